The highest BCUT2D eigenvalue weighted by atomic mass is 16.3. The summed E-state index contributed by atoms with van der Waals surface area (Å²) in [5.74, 6) is 3.40. The first-order valence-corrected chi connectivity index (χ1v) is 11.5. The van der Waals surface area contributed by atoms with Crippen LogP contribution in [-0.4, -0.2) is 36.6 Å². The molecule has 0 bridgehead atoms. The van der Waals surface area contributed by atoms with Crippen LogP contribution in [0.3, 0.4) is 0 Å². The van der Waals surface area contributed by atoms with E-state index >= 15 is 0 Å². The molecular weight excluding hydrogens is 398 g/mol. The summed E-state index contributed by atoms with van der Waals surface area (Å²) in [4.78, 5) is 11.6. The van der Waals surface area contributed by atoms with E-state index in [4.69, 9.17) is 14.4 Å². The summed E-state index contributed by atoms with van der Waals surface area (Å²) in [5, 5.41) is 9.45. The van der Waals surface area contributed by atoms with E-state index in [2.05, 4.69) is 39.8 Å². The minimum absolute atomic E-state index is 0.429. The van der Waals surface area contributed by atoms with Crippen molar-refractivity contribution in [3.63, 3.8) is 0 Å². The van der Waals surface area contributed by atoms with E-state index in [1.165, 1.54) is 18.2 Å². The Kier molecular flexibility index (Phi) is 5.95. The average Bonchev–Trinajstić information content (AvgIpc) is 3.22. The summed E-state index contributed by atoms with van der Waals surface area (Å²) < 4.78 is 5.91. The molecule has 2 aromatic heterocycles. The minimum atomic E-state index is 0.429. The van der Waals surface area contributed by atoms with Gasteiger partial charge in [-0.2, -0.15) is 4.98 Å². The molecule has 0 amide bonds. The zero-order valence-corrected chi connectivity index (χ0v) is 18.8. The van der Waals surface area contributed by atoms with E-state index in [0.29, 0.717) is 12.0 Å². The molecule has 4 aromatic rings. The van der Waals surface area contributed by atoms with E-state index in [-0.39, 0.29) is 0 Å². The molecule has 2 aromatic carbocycles. The molecule has 1 aliphatic carbocycles. The Labute approximate surface area is 189 Å². The molecule has 6 heteroatoms. The van der Waals surface area contributed by atoms with Crippen molar-refractivity contribution in [1.82, 2.24) is 15.3 Å². The van der Waals surface area contributed by atoms with E-state index in [1.807, 2.05) is 44.4 Å². The van der Waals surface area contributed by atoms with Gasteiger partial charge in [0, 0.05) is 30.9 Å². The third kappa shape index (κ3) is 4.55. The molecule has 0 unspecified atom stereocenters. The fourth-order valence-electron chi connectivity index (χ4n) is 4.68. The van der Waals surface area contributed by atoms with Crippen LogP contribution in [0.2, 0.25) is 0 Å². The highest BCUT2D eigenvalue weighted by Gasteiger charge is 2.22. The summed E-state index contributed by atoms with van der Waals surface area (Å²) in [6.07, 6.45) is 4.70. The number of nitrogens with one attached hydrogen (secondary N) is 2. The van der Waals surface area contributed by atoms with Gasteiger partial charge in [0.15, 0.2) is 0 Å². The van der Waals surface area contributed by atoms with Crippen molar-refractivity contribution in [2.75, 3.05) is 30.9 Å². The first kappa shape index (κ1) is 20.8. The first-order valence-electron chi connectivity index (χ1n) is 11.5. The lowest BCUT2D eigenvalue weighted by Gasteiger charge is -2.29. The maximum atomic E-state index is 5.91. The zero-order chi connectivity index (χ0) is 21.9. The van der Waals surface area contributed by atoms with E-state index in [1.54, 1.807) is 0 Å². The number of benzene rings is 2. The van der Waals surface area contributed by atoms with Gasteiger partial charge in [0.05, 0.1) is 12.1 Å². The van der Waals surface area contributed by atoms with Gasteiger partial charge < -0.3 is 20.0 Å². The van der Waals surface area contributed by atoms with Crippen molar-refractivity contribution in [3.8, 4) is 0 Å². The molecule has 2 N–H and O–H groups in total. The van der Waals surface area contributed by atoms with Crippen molar-refractivity contribution in [2.45, 2.75) is 38.3 Å². The Morgan fingerprint density at radius 2 is 1.75 bits per heavy atom. The van der Waals surface area contributed by atoms with Crippen LogP contribution < -0.4 is 15.5 Å². The summed E-state index contributed by atoms with van der Waals surface area (Å²) >= 11 is 0. The molecule has 0 aliphatic heterocycles. The predicted octanol–water partition coefficient (Wildman–Crippen LogP) is 5.20. The first-order chi connectivity index (χ1) is 15.7. The molecule has 166 valence electrons. The van der Waals surface area contributed by atoms with Gasteiger partial charge >= 0.3 is 0 Å². The third-order valence-corrected chi connectivity index (χ3v) is 6.40. The topological polar surface area (TPSA) is 66.2 Å². The summed E-state index contributed by atoms with van der Waals surface area (Å²) in [6.45, 7) is 1.81. The minimum Gasteiger partial charge on any atom is -0.460 e. The van der Waals surface area contributed by atoms with Crippen molar-refractivity contribution >= 4 is 33.6 Å². The largest absolute Gasteiger partial charge is 0.460 e. The molecule has 32 heavy (non-hydrogen) atoms. The van der Waals surface area contributed by atoms with E-state index < -0.39 is 0 Å². The summed E-state index contributed by atoms with van der Waals surface area (Å²) in [7, 11) is 4.06. The molecule has 1 saturated carbocycles. The number of furan rings is 1. The van der Waals surface area contributed by atoms with Crippen LogP contribution in [0, 0.1) is 5.92 Å². The summed E-state index contributed by atoms with van der Waals surface area (Å²) in [5.41, 5.74) is 1.95. The second-order valence-electron chi connectivity index (χ2n) is 9.03. The number of hydrogen-bond donors (Lipinski definition) is 2. The normalized spacial score (nSPS) is 18.8. The Bertz CT molecular complexity index is 1160. The molecule has 0 saturated heterocycles. The van der Waals surface area contributed by atoms with E-state index in [9.17, 15) is 0 Å². The van der Waals surface area contributed by atoms with Gasteiger partial charge in [-0.25, -0.2) is 4.98 Å². The number of nitrogens with zero attached hydrogens (tertiary/aromatic N) is 3. The van der Waals surface area contributed by atoms with Gasteiger partial charge in [-0.3, -0.25) is 0 Å². The SMILES string of the molecule is CN(C)c1nc(N[C@H]2CC[C@@H](CNCc3cc4ccccc4o3)CC2)nc2ccccc12. The smallest absolute Gasteiger partial charge is 0.225 e. The lowest BCUT2D eigenvalue weighted by molar-refractivity contribution is 0.320. The number of aromatic nitrogens is 2. The fourth-order valence-corrected chi connectivity index (χ4v) is 4.68. The fraction of sp³-hybridized carbons (Fsp3) is 0.385. The Morgan fingerprint density at radius 1 is 0.969 bits per heavy atom. The molecule has 6 nitrogen and oxygen atoms in total. The third-order valence-electron chi connectivity index (χ3n) is 6.40. The molecule has 0 spiro atoms. The number of rotatable bonds is 7. The maximum absolute atomic E-state index is 5.91. The molecule has 5 rings (SSSR count). The zero-order valence-electron chi connectivity index (χ0n) is 18.8. The monoisotopic (exact) mass is 429 g/mol. The van der Waals surface area contributed by atoms with Crippen molar-refractivity contribution in [3.05, 3.63) is 60.4 Å². The number of para-hydroxylation sites is 2. The maximum Gasteiger partial charge on any atom is 0.225 e. The van der Waals surface area contributed by atoms with Gasteiger partial charge in [-0.15, -0.1) is 0 Å². The molecule has 2 heterocycles. The van der Waals surface area contributed by atoms with Crippen LogP contribution in [0.4, 0.5) is 11.8 Å². The quantitative estimate of drug-likeness (QED) is 0.421. The Balaban J connectivity index is 1.13. The average molecular weight is 430 g/mol. The lowest BCUT2D eigenvalue weighted by Crippen LogP contribution is -2.31. The summed E-state index contributed by atoms with van der Waals surface area (Å²) in [6, 6.07) is 18.9. The van der Waals surface area contributed by atoms with E-state index in [0.717, 1.165) is 59.9 Å². The van der Waals surface area contributed by atoms with Crippen LogP contribution in [0.15, 0.2) is 59.0 Å². The molecule has 1 fully saturated rings. The number of anilines is 2. The van der Waals surface area contributed by atoms with Gasteiger partial charge in [0.25, 0.3) is 0 Å². The lowest BCUT2D eigenvalue weighted by atomic mass is 9.86. The van der Waals surface area contributed by atoms with Gasteiger partial charge in [0.1, 0.15) is 17.2 Å². The highest BCUT2D eigenvalue weighted by Crippen LogP contribution is 2.28. The van der Waals surface area contributed by atoms with Crippen molar-refractivity contribution in [1.29, 1.82) is 0 Å². The van der Waals surface area contributed by atoms with Crippen molar-refractivity contribution < 1.29 is 4.42 Å². The number of fused-ring (bicyclic) bond motifs is 2. The number of hydrogen-bond acceptors (Lipinski definition) is 6. The Hall–Kier alpha value is -3.12. The van der Waals surface area contributed by atoms with Crippen molar-refractivity contribution in [2.24, 2.45) is 5.92 Å². The second-order valence-corrected chi connectivity index (χ2v) is 9.03. The van der Waals surface area contributed by atoms with Crippen LogP contribution in [-0.2, 0) is 6.54 Å². The van der Waals surface area contributed by atoms with Crippen LogP contribution >= 0.6 is 0 Å². The Morgan fingerprint density at radius 3 is 2.56 bits per heavy atom. The van der Waals surface area contributed by atoms with Crippen LogP contribution in [0.25, 0.3) is 21.9 Å². The van der Waals surface area contributed by atoms with Crippen LogP contribution in [0.1, 0.15) is 31.4 Å². The standard InChI is InChI=1S/C26H31N5O/c1-31(2)25-22-8-4-5-9-23(22)29-26(30-25)28-20-13-11-18(12-14-20)16-27-17-21-15-19-7-3-6-10-24(19)32-21/h3-10,15,18,20,27H,11-14,16-17H2,1-2H3,(H,28,29,30)/t18-,20+. The second kappa shape index (κ2) is 9.17. The highest BCUT2D eigenvalue weighted by molar-refractivity contribution is 5.90. The van der Waals surface area contributed by atoms with Gasteiger partial charge in [-0.1, -0.05) is 30.3 Å². The molecule has 1 aliphatic rings. The van der Waals surface area contributed by atoms with Gasteiger partial charge in [0.2, 0.25) is 5.95 Å². The molecule has 0 radical (unpaired) electrons. The van der Waals surface area contributed by atoms with Gasteiger partial charge in [-0.05, 0) is 62.4 Å². The molecule has 0 atom stereocenters. The molecular formula is C26H31N5O. The van der Waals surface area contributed by atoms with Crippen LogP contribution in [0.5, 0.6) is 0 Å². The predicted molar refractivity (Wildman–Crippen MR) is 131 cm³/mol.